The van der Waals surface area contributed by atoms with Crippen molar-refractivity contribution < 1.29 is 9.90 Å². The highest BCUT2D eigenvalue weighted by Crippen LogP contribution is 2.22. The summed E-state index contributed by atoms with van der Waals surface area (Å²) in [5.41, 5.74) is 2.02. The lowest BCUT2D eigenvalue weighted by Gasteiger charge is -2.19. The van der Waals surface area contributed by atoms with Crippen molar-refractivity contribution in [2.24, 2.45) is 5.92 Å². The SMILES string of the molecule is CCCC(CCO)CNC(=O)c1ccc(C(C)(C)C)cc1. The number of aliphatic hydroxyl groups excluding tert-OH is 1. The van der Waals surface area contributed by atoms with Crippen molar-refractivity contribution >= 4 is 5.91 Å². The molecule has 3 heteroatoms. The van der Waals surface area contributed by atoms with Crippen LogP contribution in [0.15, 0.2) is 24.3 Å². The molecule has 0 bridgehead atoms. The number of carbonyl (C=O) groups excluding carboxylic acids is 1. The highest BCUT2D eigenvalue weighted by atomic mass is 16.3. The second kappa shape index (κ2) is 8.18. The topological polar surface area (TPSA) is 49.3 Å². The van der Waals surface area contributed by atoms with Gasteiger partial charge in [-0.25, -0.2) is 0 Å². The molecule has 1 unspecified atom stereocenters. The Kier molecular flexibility index (Phi) is 6.90. The summed E-state index contributed by atoms with van der Waals surface area (Å²) in [4.78, 5) is 12.1. The van der Waals surface area contributed by atoms with Gasteiger partial charge in [0.2, 0.25) is 0 Å². The van der Waals surface area contributed by atoms with Crippen LogP contribution in [0.4, 0.5) is 0 Å². The van der Waals surface area contributed by atoms with Crippen LogP contribution in [0.1, 0.15) is 62.9 Å². The second-order valence-corrected chi connectivity index (χ2v) is 6.70. The highest BCUT2D eigenvalue weighted by Gasteiger charge is 2.15. The average molecular weight is 291 g/mol. The quantitative estimate of drug-likeness (QED) is 0.807. The summed E-state index contributed by atoms with van der Waals surface area (Å²) in [5.74, 6) is 0.326. The molecule has 0 aliphatic heterocycles. The number of nitrogens with one attached hydrogen (secondary N) is 1. The molecule has 0 aliphatic carbocycles. The molecule has 0 heterocycles. The molecule has 21 heavy (non-hydrogen) atoms. The van der Waals surface area contributed by atoms with Gasteiger partial charge in [-0.2, -0.15) is 0 Å². The number of benzene rings is 1. The average Bonchev–Trinajstić information content (AvgIpc) is 2.44. The van der Waals surface area contributed by atoms with Gasteiger partial charge in [-0.1, -0.05) is 46.2 Å². The third-order valence-corrected chi connectivity index (χ3v) is 3.80. The van der Waals surface area contributed by atoms with Crippen molar-refractivity contribution in [2.45, 2.75) is 52.4 Å². The van der Waals surface area contributed by atoms with Crippen LogP contribution in [0.3, 0.4) is 0 Å². The van der Waals surface area contributed by atoms with Gasteiger partial charge in [0.05, 0.1) is 0 Å². The molecule has 1 amide bonds. The predicted molar refractivity (Wildman–Crippen MR) is 87.6 cm³/mol. The maximum Gasteiger partial charge on any atom is 0.251 e. The lowest BCUT2D eigenvalue weighted by molar-refractivity contribution is 0.0943. The van der Waals surface area contributed by atoms with Gasteiger partial charge in [-0.15, -0.1) is 0 Å². The van der Waals surface area contributed by atoms with E-state index in [1.54, 1.807) is 0 Å². The maximum atomic E-state index is 12.1. The maximum absolute atomic E-state index is 12.1. The van der Waals surface area contributed by atoms with Gasteiger partial charge in [-0.05, 0) is 41.9 Å². The van der Waals surface area contributed by atoms with Gasteiger partial charge in [0.25, 0.3) is 5.91 Å². The lowest BCUT2D eigenvalue weighted by atomic mass is 9.86. The van der Waals surface area contributed by atoms with Crippen molar-refractivity contribution in [3.05, 3.63) is 35.4 Å². The van der Waals surface area contributed by atoms with E-state index in [-0.39, 0.29) is 17.9 Å². The molecule has 118 valence electrons. The summed E-state index contributed by atoms with van der Waals surface area (Å²) < 4.78 is 0. The van der Waals surface area contributed by atoms with Crippen LogP contribution >= 0.6 is 0 Å². The van der Waals surface area contributed by atoms with Crippen molar-refractivity contribution in [3.8, 4) is 0 Å². The fourth-order valence-electron chi connectivity index (χ4n) is 2.40. The summed E-state index contributed by atoms with van der Waals surface area (Å²) in [5, 5.41) is 12.0. The number of amides is 1. The fourth-order valence-corrected chi connectivity index (χ4v) is 2.40. The van der Waals surface area contributed by atoms with Gasteiger partial charge in [0, 0.05) is 18.7 Å². The molecule has 0 aromatic heterocycles. The van der Waals surface area contributed by atoms with Crippen LogP contribution < -0.4 is 5.32 Å². The van der Waals surface area contributed by atoms with E-state index in [9.17, 15) is 4.79 Å². The van der Waals surface area contributed by atoms with E-state index in [0.29, 0.717) is 18.0 Å². The predicted octanol–water partition coefficient (Wildman–Crippen LogP) is 3.51. The molecule has 0 fully saturated rings. The fraction of sp³-hybridized carbons (Fsp3) is 0.611. The van der Waals surface area contributed by atoms with E-state index in [4.69, 9.17) is 5.11 Å². The zero-order valence-corrected chi connectivity index (χ0v) is 13.8. The summed E-state index contributed by atoms with van der Waals surface area (Å²) in [6.07, 6.45) is 2.85. The highest BCUT2D eigenvalue weighted by molar-refractivity contribution is 5.94. The summed E-state index contributed by atoms with van der Waals surface area (Å²) in [7, 11) is 0. The number of carbonyl (C=O) groups is 1. The Balaban J connectivity index is 2.59. The van der Waals surface area contributed by atoms with Gasteiger partial charge in [0.15, 0.2) is 0 Å². The van der Waals surface area contributed by atoms with E-state index >= 15 is 0 Å². The van der Waals surface area contributed by atoms with E-state index in [1.807, 2.05) is 24.3 Å². The molecule has 0 aliphatic rings. The van der Waals surface area contributed by atoms with Crippen molar-refractivity contribution in [2.75, 3.05) is 13.2 Å². The minimum Gasteiger partial charge on any atom is -0.396 e. The normalized spacial score (nSPS) is 13.0. The Morgan fingerprint density at radius 3 is 2.29 bits per heavy atom. The largest absolute Gasteiger partial charge is 0.396 e. The first-order chi connectivity index (χ1) is 9.88. The first kappa shape index (κ1) is 17.7. The monoisotopic (exact) mass is 291 g/mol. The van der Waals surface area contributed by atoms with E-state index in [1.165, 1.54) is 5.56 Å². The Hall–Kier alpha value is -1.35. The van der Waals surface area contributed by atoms with Crippen LogP contribution in [0.2, 0.25) is 0 Å². The Morgan fingerprint density at radius 2 is 1.81 bits per heavy atom. The molecule has 0 saturated carbocycles. The molecule has 1 aromatic carbocycles. The standard InChI is InChI=1S/C18H29NO2/c1-5-6-14(11-12-20)13-19-17(21)15-7-9-16(10-8-15)18(2,3)4/h7-10,14,20H,5-6,11-13H2,1-4H3,(H,19,21). The molecule has 0 radical (unpaired) electrons. The minimum absolute atomic E-state index is 0.0329. The lowest BCUT2D eigenvalue weighted by Crippen LogP contribution is -2.29. The van der Waals surface area contributed by atoms with Crippen LogP contribution in [-0.2, 0) is 5.41 Å². The van der Waals surface area contributed by atoms with E-state index in [0.717, 1.165) is 19.3 Å². The Labute approximate surface area is 128 Å². The summed E-state index contributed by atoms with van der Waals surface area (Å²) >= 11 is 0. The molecular weight excluding hydrogens is 262 g/mol. The molecule has 1 aromatic rings. The number of hydrogen-bond donors (Lipinski definition) is 2. The first-order valence-electron chi connectivity index (χ1n) is 7.88. The van der Waals surface area contributed by atoms with Gasteiger partial charge >= 0.3 is 0 Å². The van der Waals surface area contributed by atoms with Crippen LogP contribution in [0.25, 0.3) is 0 Å². The Bertz CT molecular complexity index is 426. The van der Waals surface area contributed by atoms with Crippen LogP contribution in [0, 0.1) is 5.92 Å². The van der Waals surface area contributed by atoms with Gasteiger partial charge < -0.3 is 10.4 Å². The number of aliphatic hydroxyl groups is 1. The molecule has 0 saturated heterocycles. The summed E-state index contributed by atoms with van der Waals surface area (Å²) in [6.45, 7) is 9.41. The van der Waals surface area contributed by atoms with Crippen molar-refractivity contribution in [1.29, 1.82) is 0 Å². The van der Waals surface area contributed by atoms with Gasteiger partial charge in [0.1, 0.15) is 0 Å². The molecule has 1 atom stereocenters. The zero-order valence-electron chi connectivity index (χ0n) is 13.8. The molecule has 1 rings (SSSR count). The van der Waals surface area contributed by atoms with E-state index < -0.39 is 0 Å². The molecular formula is C18H29NO2. The van der Waals surface area contributed by atoms with E-state index in [2.05, 4.69) is 33.0 Å². The third kappa shape index (κ3) is 5.88. The number of hydrogen-bond acceptors (Lipinski definition) is 2. The van der Waals surface area contributed by atoms with Crippen LogP contribution in [-0.4, -0.2) is 24.2 Å². The first-order valence-corrected chi connectivity index (χ1v) is 7.88. The minimum atomic E-state index is -0.0329. The van der Waals surface area contributed by atoms with Crippen LogP contribution in [0.5, 0.6) is 0 Å². The second-order valence-electron chi connectivity index (χ2n) is 6.70. The Morgan fingerprint density at radius 1 is 1.19 bits per heavy atom. The molecule has 0 spiro atoms. The van der Waals surface area contributed by atoms with Crippen molar-refractivity contribution in [3.63, 3.8) is 0 Å². The zero-order chi connectivity index (χ0) is 15.9. The number of rotatable bonds is 7. The molecule has 3 nitrogen and oxygen atoms in total. The molecule has 2 N–H and O–H groups in total. The van der Waals surface area contributed by atoms with Gasteiger partial charge in [-0.3, -0.25) is 4.79 Å². The summed E-state index contributed by atoms with van der Waals surface area (Å²) in [6, 6.07) is 7.81. The third-order valence-electron chi connectivity index (χ3n) is 3.80. The smallest absolute Gasteiger partial charge is 0.251 e. The van der Waals surface area contributed by atoms with Crippen molar-refractivity contribution in [1.82, 2.24) is 5.32 Å².